The molecule has 4 nitrogen and oxygen atoms in total. The summed E-state index contributed by atoms with van der Waals surface area (Å²) in [5.41, 5.74) is 4.20. The van der Waals surface area contributed by atoms with Crippen LogP contribution in [0.3, 0.4) is 0 Å². The fraction of sp³-hybridized carbons (Fsp3) is 0.304. The second-order valence-corrected chi connectivity index (χ2v) is 9.23. The first kappa shape index (κ1) is 20.0. The Morgan fingerprint density at radius 2 is 1.90 bits per heavy atom. The molecule has 1 aromatic heterocycles. The van der Waals surface area contributed by atoms with Crippen molar-refractivity contribution >= 4 is 34.7 Å². The molecule has 1 aliphatic rings. The number of thiazole rings is 1. The van der Waals surface area contributed by atoms with Crippen LogP contribution in [0, 0.1) is 6.92 Å². The zero-order chi connectivity index (χ0) is 20.1. The molecule has 1 fully saturated rings. The minimum Gasteiger partial charge on any atom is -0.371 e. The molecule has 0 saturated carbocycles. The van der Waals surface area contributed by atoms with E-state index in [1.165, 1.54) is 24.1 Å². The number of amides is 1. The first-order valence-corrected chi connectivity index (χ1v) is 11.8. The van der Waals surface area contributed by atoms with E-state index in [2.05, 4.69) is 38.8 Å². The third-order valence-corrected chi connectivity index (χ3v) is 6.98. The van der Waals surface area contributed by atoms with Gasteiger partial charge in [-0.1, -0.05) is 30.3 Å². The van der Waals surface area contributed by atoms with Gasteiger partial charge in [0.2, 0.25) is 0 Å². The number of anilines is 1. The van der Waals surface area contributed by atoms with Crippen molar-refractivity contribution in [2.75, 3.05) is 18.0 Å². The van der Waals surface area contributed by atoms with Gasteiger partial charge in [-0.15, -0.1) is 23.1 Å². The summed E-state index contributed by atoms with van der Waals surface area (Å²) < 4.78 is 0. The maximum Gasteiger partial charge on any atom is 0.252 e. The second-order valence-electron chi connectivity index (χ2n) is 7.15. The Balaban J connectivity index is 1.43. The third kappa shape index (κ3) is 5.00. The van der Waals surface area contributed by atoms with Crippen molar-refractivity contribution in [3.63, 3.8) is 0 Å². The number of para-hydroxylation sites is 1. The maximum atomic E-state index is 12.9. The Morgan fingerprint density at radius 1 is 1.14 bits per heavy atom. The number of hydrogen-bond acceptors (Lipinski definition) is 5. The molecule has 29 heavy (non-hydrogen) atoms. The Kier molecular flexibility index (Phi) is 6.52. The molecule has 0 unspecified atom stereocenters. The van der Waals surface area contributed by atoms with Crippen LogP contribution in [0.1, 0.15) is 39.5 Å². The summed E-state index contributed by atoms with van der Waals surface area (Å²) in [7, 11) is 0. The van der Waals surface area contributed by atoms with Gasteiger partial charge >= 0.3 is 0 Å². The lowest BCUT2D eigenvalue weighted by Crippen LogP contribution is -2.26. The predicted octanol–water partition coefficient (Wildman–Crippen LogP) is 5.27. The van der Waals surface area contributed by atoms with Gasteiger partial charge in [0, 0.05) is 41.4 Å². The van der Waals surface area contributed by atoms with Crippen LogP contribution in [0.5, 0.6) is 0 Å². The molecule has 0 radical (unpaired) electrons. The van der Waals surface area contributed by atoms with Crippen LogP contribution in [-0.4, -0.2) is 24.0 Å². The highest BCUT2D eigenvalue weighted by atomic mass is 32.2. The highest BCUT2D eigenvalue weighted by Crippen LogP contribution is 2.28. The van der Waals surface area contributed by atoms with E-state index in [1.807, 2.05) is 37.3 Å². The van der Waals surface area contributed by atoms with Gasteiger partial charge in [0.25, 0.3) is 5.91 Å². The maximum absolute atomic E-state index is 12.9. The van der Waals surface area contributed by atoms with E-state index in [4.69, 9.17) is 0 Å². The van der Waals surface area contributed by atoms with Crippen LogP contribution < -0.4 is 10.2 Å². The van der Waals surface area contributed by atoms with E-state index < -0.39 is 0 Å². The van der Waals surface area contributed by atoms with Crippen LogP contribution in [0.4, 0.5) is 5.69 Å². The monoisotopic (exact) mass is 423 g/mol. The van der Waals surface area contributed by atoms with E-state index in [9.17, 15) is 4.79 Å². The number of hydrogen-bond donors (Lipinski definition) is 1. The molecule has 1 N–H and O–H groups in total. The van der Waals surface area contributed by atoms with Crippen LogP contribution >= 0.6 is 23.1 Å². The number of thioether (sulfide) groups is 1. The number of carbonyl (C=O) groups excluding carboxylic acids is 1. The normalized spacial score (nSPS) is 13.6. The van der Waals surface area contributed by atoms with Crippen molar-refractivity contribution in [2.45, 2.75) is 37.0 Å². The number of carbonyl (C=O) groups is 1. The SMILES string of the molecule is Cc1nc(CSc2ccccc2C(=O)NCc2ccccc2N2CCCC2)cs1. The summed E-state index contributed by atoms with van der Waals surface area (Å²) in [6.45, 7) is 4.75. The fourth-order valence-corrected chi connectivity index (χ4v) is 5.26. The van der Waals surface area contributed by atoms with E-state index in [0.29, 0.717) is 6.54 Å². The number of aryl methyl sites for hydroxylation is 1. The van der Waals surface area contributed by atoms with E-state index in [1.54, 1.807) is 23.1 Å². The van der Waals surface area contributed by atoms with Crippen LogP contribution in [0.2, 0.25) is 0 Å². The zero-order valence-electron chi connectivity index (χ0n) is 16.6. The van der Waals surface area contributed by atoms with Crippen LogP contribution in [0.15, 0.2) is 58.8 Å². The molecule has 1 aliphatic heterocycles. The van der Waals surface area contributed by atoms with Crippen molar-refractivity contribution in [1.29, 1.82) is 0 Å². The predicted molar refractivity (Wildman–Crippen MR) is 122 cm³/mol. The van der Waals surface area contributed by atoms with Gasteiger partial charge in [-0.25, -0.2) is 4.98 Å². The zero-order valence-corrected chi connectivity index (χ0v) is 18.2. The lowest BCUT2D eigenvalue weighted by molar-refractivity contribution is 0.0948. The van der Waals surface area contributed by atoms with Crippen molar-refractivity contribution in [3.8, 4) is 0 Å². The second kappa shape index (κ2) is 9.46. The van der Waals surface area contributed by atoms with Crippen LogP contribution in [0.25, 0.3) is 0 Å². The van der Waals surface area contributed by atoms with E-state index in [-0.39, 0.29) is 5.91 Å². The van der Waals surface area contributed by atoms with Crippen molar-refractivity contribution in [1.82, 2.24) is 10.3 Å². The lowest BCUT2D eigenvalue weighted by atomic mass is 10.1. The number of benzene rings is 2. The molecule has 1 amide bonds. The fourth-order valence-electron chi connectivity index (χ4n) is 3.60. The number of nitrogens with zero attached hydrogens (tertiary/aromatic N) is 2. The smallest absolute Gasteiger partial charge is 0.252 e. The van der Waals surface area contributed by atoms with Gasteiger partial charge < -0.3 is 10.2 Å². The minimum absolute atomic E-state index is 0.0289. The van der Waals surface area contributed by atoms with Gasteiger partial charge in [-0.2, -0.15) is 0 Å². The van der Waals surface area contributed by atoms with E-state index in [0.717, 1.165) is 40.0 Å². The molecular formula is C23H25N3OS2. The first-order valence-electron chi connectivity index (χ1n) is 9.94. The summed E-state index contributed by atoms with van der Waals surface area (Å²) in [4.78, 5) is 20.9. The highest BCUT2D eigenvalue weighted by molar-refractivity contribution is 7.98. The molecule has 2 aromatic carbocycles. The average molecular weight is 424 g/mol. The molecule has 0 aliphatic carbocycles. The van der Waals surface area contributed by atoms with Crippen molar-refractivity contribution in [3.05, 3.63) is 75.7 Å². The van der Waals surface area contributed by atoms with Crippen molar-refractivity contribution in [2.24, 2.45) is 0 Å². The molecule has 6 heteroatoms. The summed E-state index contributed by atoms with van der Waals surface area (Å²) in [6.07, 6.45) is 2.48. The summed E-state index contributed by atoms with van der Waals surface area (Å²) in [5, 5.41) is 6.29. The quantitative estimate of drug-likeness (QED) is 0.526. The Hall–Kier alpha value is -2.31. The molecule has 3 aromatic rings. The van der Waals surface area contributed by atoms with Gasteiger partial charge in [0.1, 0.15) is 0 Å². The standard InChI is InChI=1S/C23H25N3OS2/c1-17-25-19(15-28-17)16-29-22-11-5-3-9-20(22)23(27)24-14-18-8-2-4-10-21(18)26-12-6-7-13-26/h2-5,8-11,15H,6-7,12-14,16H2,1H3,(H,24,27). The molecular weight excluding hydrogens is 398 g/mol. The van der Waals surface area contributed by atoms with Gasteiger partial charge in [0.15, 0.2) is 0 Å². The number of rotatable bonds is 7. The number of nitrogens with one attached hydrogen (secondary N) is 1. The largest absolute Gasteiger partial charge is 0.371 e. The average Bonchev–Trinajstić information content (AvgIpc) is 3.43. The molecule has 150 valence electrons. The van der Waals surface area contributed by atoms with Gasteiger partial charge in [-0.05, 0) is 43.5 Å². The Morgan fingerprint density at radius 3 is 2.69 bits per heavy atom. The van der Waals surface area contributed by atoms with Crippen molar-refractivity contribution < 1.29 is 4.79 Å². The first-order chi connectivity index (χ1) is 14.2. The summed E-state index contributed by atoms with van der Waals surface area (Å²) in [5.74, 6) is 0.741. The lowest BCUT2D eigenvalue weighted by Gasteiger charge is -2.21. The van der Waals surface area contributed by atoms with Crippen LogP contribution in [-0.2, 0) is 12.3 Å². The molecule has 0 bridgehead atoms. The summed E-state index contributed by atoms with van der Waals surface area (Å²) in [6, 6.07) is 16.2. The van der Waals surface area contributed by atoms with E-state index >= 15 is 0 Å². The number of aromatic nitrogens is 1. The highest BCUT2D eigenvalue weighted by Gasteiger charge is 2.17. The molecule has 4 rings (SSSR count). The summed E-state index contributed by atoms with van der Waals surface area (Å²) >= 11 is 3.32. The molecule has 2 heterocycles. The Bertz CT molecular complexity index is 980. The van der Waals surface area contributed by atoms with Gasteiger partial charge in [0.05, 0.1) is 16.3 Å². The molecule has 0 spiro atoms. The Labute approximate surface area is 180 Å². The third-order valence-electron chi connectivity index (χ3n) is 5.05. The molecule has 0 atom stereocenters. The molecule has 1 saturated heterocycles. The van der Waals surface area contributed by atoms with Gasteiger partial charge in [-0.3, -0.25) is 4.79 Å². The topological polar surface area (TPSA) is 45.2 Å². The minimum atomic E-state index is -0.0289.